The standard InChI is InChI=1S/C17H25F3N2O3/c1-23-8-9-24-16-3-2-15(25-17(18,19)20)10-14(16)12-22-11-13-4-6-21-7-5-13/h2-3,10,13,21-22H,4-9,11-12H2,1H3. The lowest BCUT2D eigenvalue weighted by Crippen LogP contribution is -2.33. The van der Waals surface area contributed by atoms with E-state index in [1.54, 1.807) is 7.11 Å². The Morgan fingerprint density at radius 1 is 1.20 bits per heavy atom. The second kappa shape index (κ2) is 9.84. The van der Waals surface area contributed by atoms with Crippen molar-refractivity contribution in [3.8, 4) is 11.5 Å². The summed E-state index contributed by atoms with van der Waals surface area (Å²) in [6, 6.07) is 4.12. The monoisotopic (exact) mass is 362 g/mol. The van der Waals surface area contributed by atoms with Gasteiger partial charge in [0.1, 0.15) is 18.1 Å². The number of alkyl halides is 3. The number of methoxy groups -OCH3 is 1. The van der Waals surface area contributed by atoms with Crippen LogP contribution < -0.4 is 20.1 Å². The molecule has 1 heterocycles. The van der Waals surface area contributed by atoms with Gasteiger partial charge in [-0.2, -0.15) is 0 Å². The van der Waals surface area contributed by atoms with E-state index in [9.17, 15) is 13.2 Å². The summed E-state index contributed by atoms with van der Waals surface area (Å²) in [7, 11) is 1.56. The summed E-state index contributed by atoms with van der Waals surface area (Å²) < 4.78 is 51.8. The van der Waals surface area contributed by atoms with Crippen molar-refractivity contribution in [3.63, 3.8) is 0 Å². The van der Waals surface area contributed by atoms with E-state index in [1.807, 2.05) is 0 Å². The highest BCUT2D eigenvalue weighted by Crippen LogP contribution is 2.28. The second-order valence-electron chi connectivity index (χ2n) is 5.98. The van der Waals surface area contributed by atoms with Crippen molar-refractivity contribution in [2.75, 3.05) is 40.0 Å². The van der Waals surface area contributed by atoms with Crippen molar-refractivity contribution in [1.29, 1.82) is 0 Å². The Bertz CT molecular complexity index is 520. The Morgan fingerprint density at radius 2 is 1.96 bits per heavy atom. The molecule has 0 saturated carbocycles. The largest absolute Gasteiger partial charge is 0.573 e. The molecule has 0 aromatic heterocycles. The van der Waals surface area contributed by atoms with Gasteiger partial charge in [0.05, 0.1) is 6.61 Å². The summed E-state index contributed by atoms with van der Waals surface area (Å²) in [6.07, 6.45) is -2.51. The summed E-state index contributed by atoms with van der Waals surface area (Å²) >= 11 is 0. The quantitative estimate of drug-likeness (QED) is 0.662. The number of nitrogens with one attached hydrogen (secondary N) is 2. The molecule has 1 aliphatic rings. The smallest absolute Gasteiger partial charge is 0.491 e. The fraction of sp³-hybridized carbons (Fsp3) is 0.647. The fourth-order valence-corrected chi connectivity index (χ4v) is 2.76. The SMILES string of the molecule is COCCOc1ccc(OC(F)(F)F)cc1CNCC1CCNCC1. The molecule has 2 rings (SSSR count). The van der Waals surface area contributed by atoms with Crippen LogP contribution in [0.2, 0.25) is 0 Å². The molecule has 142 valence electrons. The number of piperidine rings is 1. The third kappa shape index (κ3) is 7.50. The van der Waals surface area contributed by atoms with Gasteiger partial charge in [0.2, 0.25) is 0 Å². The Kier molecular flexibility index (Phi) is 7.80. The van der Waals surface area contributed by atoms with Gasteiger partial charge in [-0.15, -0.1) is 13.2 Å². The Morgan fingerprint density at radius 3 is 2.64 bits per heavy atom. The number of hydrogen-bond acceptors (Lipinski definition) is 5. The molecular weight excluding hydrogens is 337 g/mol. The highest BCUT2D eigenvalue weighted by molar-refractivity contribution is 5.40. The lowest BCUT2D eigenvalue weighted by atomic mass is 9.98. The van der Waals surface area contributed by atoms with Gasteiger partial charge in [0, 0.05) is 19.2 Å². The molecular formula is C17H25F3N2O3. The van der Waals surface area contributed by atoms with Crippen molar-refractivity contribution in [3.05, 3.63) is 23.8 Å². The van der Waals surface area contributed by atoms with E-state index in [1.165, 1.54) is 18.2 Å². The summed E-state index contributed by atoms with van der Waals surface area (Å²) in [6.45, 7) is 3.99. The molecule has 1 aromatic rings. The number of hydrogen-bond donors (Lipinski definition) is 2. The lowest BCUT2D eigenvalue weighted by Gasteiger charge is -2.23. The topological polar surface area (TPSA) is 51.8 Å². The maximum absolute atomic E-state index is 12.4. The molecule has 2 N–H and O–H groups in total. The molecule has 1 fully saturated rings. The first-order chi connectivity index (χ1) is 12.0. The van der Waals surface area contributed by atoms with Crippen LogP contribution in [-0.2, 0) is 11.3 Å². The van der Waals surface area contributed by atoms with E-state index in [2.05, 4.69) is 15.4 Å². The predicted octanol–water partition coefficient (Wildman–Crippen LogP) is 2.70. The summed E-state index contributed by atoms with van der Waals surface area (Å²) in [5.41, 5.74) is 0.631. The second-order valence-corrected chi connectivity index (χ2v) is 5.98. The van der Waals surface area contributed by atoms with Gasteiger partial charge in [-0.25, -0.2) is 0 Å². The molecule has 0 amide bonds. The predicted molar refractivity (Wildman–Crippen MR) is 87.8 cm³/mol. The zero-order valence-electron chi connectivity index (χ0n) is 14.3. The van der Waals surface area contributed by atoms with Crippen LogP contribution in [0.4, 0.5) is 13.2 Å². The minimum atomic E-state index is -4.71. The number of halogens is 3. The van der Waals surface area contributed by atoms with E-state index in [4.69, 9.17) is 9.47 Å². The van der Waals surface area contributed by atoms with Crippen LogP contribution in [0.5, 0.6) is 11.5 Å². The van der Waals surface area contributed by atoms with Gasteiger partial charge in [-0.1, -0.05) is 0 Å². The van der Waals surface area contributed by atoms with Gasteiger partial charge >= 0.3 is 6.36 Å². The molecule has 1 saturated heterocycles. The summed E-state index contributed by atoms with van der Waals surface area (Å²) in [5, 5.41) is 6.62. The summed E-state index contributed by atoms with van der Waals surface area (Å²) in [4.78, 5) is 0. The molecule has 5 nitrogen and oxygen atoms in total. The normalized spacial score (nSPS) is 16.0. The molecule has 0 unspecified atom stereocenters. The molecule has 1 aromatic carbocycles. The van der Waals surface area contributed by atoms with Crippen LogP contribution >= 0.6 is 0 Å². The van der Waals surface area contributed by atoms with Gasteiger partial charge < -0.3 is 24.8 Å². The van der Waals surface area contributed by atoms with E-state index >= 15 is 0 Å². The number of rotatable bonds is 9. The minimum absolute atomic E-state index is 0.245. The maximum atomic E-state index is 12.4. The van der Waals surface area contributed by atoms with Crippen molar-refractivity contribution in [2.45, 2.75) is 25.7 Å². The van der Waals surface area contributed by atoms with E-state index in [0.29, 0.717) is 37.0 Å². The van der Waals surface area contributed by atoms with E-state index in [-0.39, 0.29) is 5.75 Å². The molecule has 0 aliphatic carbocycles. The van der Waals surface area contributed by atoms with Crippen LogP contribution in [0.3, 0.4) is 0 Å². The average molecular weight is 362 g/mol. The first kappa shape index (κ1) is 19.8. The van der Waals surface area contributed by atoms with Crippen LogP contribution in [-0.4, -0.2) is 46.3 Å². The Labute approximate surface area is 145 Å². The molecule has 0 spiro atoms. The molecule has 0 bridgehead atoms. The zero-order chi connectivity index (χ0) is 18.1. The minimum Gasteiger partial charge on any atom is -0.491 e. The maximum Gasteiger partial charge on any atom is 0.573 e. The number of ether oxygens (including phenoxy) is 3. The van der Waals surface area contributed by atoms with Crippen molar-refractivity contribution >= 4 is 0 Å². The van der Waals surface area contributed by atoms with Gasteiger partial charge in [0.15, 0.2) is 0 Å². The Balaban J connectivity index is 1.97. The highest BCUT2D eigenvalue weighted by Gasteiger charge is 2.31. The average Bonchev–Trinajstić information content (AvgIpc) is 2.56. The van der Waals surface area contributed by atoms with Gasteiger partial charge in [-0.05, 0) is 56.6 Å². The first-order valence-electron chi connectivity index (χ1n) is 8.40. The Hall–Kier alpha value is -1.51. The van der Waals surface area contributed by atoms with Crippen LogP contribution in [0.25, 0.3) is 0 Å². The van der Waals surface area contributed by atoms with Crippen LogP contribution in [0, 0.1) is 5.92 Å². The molecule has 1 aliphatic heterocycles. The summed E-state index contributed by atoms with van der Waals surface area (Å²) in [5.74, 6) is 0.864. The van der Waals surface area contributed by atoms with Crippen molar-refractivity contribution < 1.29 is 27.4 Å². The third-order valence-corrected chi connectivity index (χ3v) is 4.02. The van der Waals surface area contributed by atoms with E-state index < -0.39 is 6.36 Å². The zero-order valence-corrected chi connectivity index (χ0v) is 14.3. The van der Waals surface area contributed by atoms with Gasteiger partial charge in [-0.3, -0.25) is 0 Å². The highest BCUT2D eigenvalue weighted by atomic mass is 19.4. The van der Waals surface area contributed by atoms with Crippen LogP contribution in [0.1, 0.15) is 18.4 Å². The fourth-order valence-electron chi connectivity index (χ4n) is 2.76. The van der Waals surface area contributed by atoms with Gasteiger partial charge in [0.25, 0.3) is 0 Å². The van der Waals surface area contributed by atoms with Crippen molar-refractivity contribution in [1.82, 2.24) is 10.6 Å². The van der Waals surface area contributed by atoms with E-state index in [0.717, 1.165) is 32.5 Å². The molecule has 8 heteroatoms. The van der Waals surface area contributed by atoms with Crippen molar-refractivity contribution in [2.24, 2.45) is 5.92 Å². The number of benzene rings is 1. The van der Waals surface area contributed by atoms with Crippen LogP contribution in [0.15, 0.2) is 18.2 Å². The lowest BCUT2D eigenvalue weighted by molar-refractivity contribution is -0.274. The third-order valence-electron chi connectivity index (χ3n) is 4.02. The molecule has 0 atom stereocenters. The molecule has 0 radical (unpaired) electrons. The molecule has 25 heavy (non-hydrogen) atoms. The first-order valence-corrected chi connectivity index (χ1v) is 8.40.